The van der Waals surface area contributed by atoms with Gasteiger partial charge in [0.1, 0.15) is 5.75 Å². The molecular formula is C22H20N2O3. The van der Waals surface area contributed by atoms with Crippen LogP contribution in [0.25, 0.3) is 6.08 Å². The van der Waals surface area contributed by atoms with Gasteiger partial charge in [0.05, 0.1) is 13.7 Å². The van der Waals surface area contributed by atoms with Crippen molar-refractivity contribution in [1.82, 2.24) is 4.57 Å². The highest BCUT2D eigenvalue weighted by atomic mass is 16.5. The molecular weight excluding hydrogens is 340 g/mol. The molecule has 0 atom stereocenters. The van der Waals surface area contributed by atoms with E-state index in [0.717, 1.165) is 11.1 Å². The number of hydrogen-bond acceptors (Lipinski definition) is 3. The van der Waals surface area contributed by atoms with Crippen LogP contribution in [0.4, 0.5) is 5.69 Å². The Bertz CT molecular complexity index is 1000. The van der Waals surface area contributed by atoms with E-state index in [-0.39, 0.29) is 11.5 Å². The maximum absolute atomic E-state index is 12.1. The average Bonchev–Trinajstić information content (AvgIpc) is 2.70. The first-order valence-electron chi connectivity index (χ1n) is 8.52. The van der Waals surface area contributed by atoms with Gasteiger partial charge in [-0.2, -0.15) is 0 Å². The van der Waals surface area contributed by atoms with E-state index in [0.29, 0.717) is 18.0 Å². The van der Waals surface area contributed by atoms with Gasteiger partial charge in [0.25, 0.3) is 5.56 Å². The van der Waals surface area contributed by atoms with Gasteiger partial charge in [-0.1, -0.05) is 36.4 Å². The van der Waals surface area contributed by atoms with E-state index < -0.39 is 0 Å². The summed E-state index contributed by atoms with van der Waals surface area (Å²) in [6.45, 7) is 0.488. The number of carbonyl (C=O) groups is 1. The van der Waals surface area contributed by atoms with E-state index in [1.165, 1.54) is 12.1 Å². The monoisotopic (exact) mass is 360 g/mol. The predicted molar refractivity (Wildman–Crippen MR) is 107 cm³/mol. The van der Waals surface area contributed by atoms with Gasteiger partial charge < -0.3 is 14.6 Å². The SMILES string of the molecule is COc1ccccc1C=CC(=O)Nc1ccc(Cn2ccccc2=O)cc1. The molecule has 0 unspecified atom stereocenters. The van der Waals surface area contributed by atoms with Crippen molar-refractivity contribution in [3.63, 3.8) is 0 Å². The first-order chi connectivity index (χ1) is 13.2. The lowest BCUT2D eigenvalue weighted by molar-refractivity contribution is -0.111. The second kappa shape index (κ2) is 8.67. The Kier molecular flexibility index (Phi) is 5.84. The molecule has 1 heterocycles. The molecule has 2 aromatic carbocycles. The molecule has 5 nitrogen and oxygen atoms in total. The van der Waals surface area contributed by atoms with E-state index in [4.69, 9.17) is 4.74 Å². The molecule has 136 valence electrons. The fraction of sp³-hybridized carbons (Fsp3) is 0.0909. The van der Waals surface area contributed by atoms with Gasteiger partial charge in [-0.25, -0.2) is 0 Å². The normalized spacial score (nSPS) is 10.7. The minimum absolute atomic E-state index is 0.0450. The highest BCUT2D eigenvalue weighted by Gasteiger charge is 2.02. The van der Waals surface area contributed by atoms with Crippen LogP contribution >= 0.6 is 0 Å². The molecule has 0 radical (unpaired) electrons. The Morgan fingerprint density at radius 1 is 1.04 bits per heavy atom. The smallest absolute Gasteiger partial charge is 0.250 e. The zero-order valence-electron chi connectivity index (χ0n) is 15.0. The number of para-hydroxylation sites is 1. The van der Waals surface area contributed by atoms with E-state index in [2.05, 4.69) is 5.32 Å². The Labute approximate surface area is 157 Å². The van der Waals surface area contributed by atoms with Gasteiger partial charge >= 0.3 is 0 Å². The summed E-state index contributed by atoms with van der Waals surface area (Å²) in [6.07, 6.45) is 4.93. The maximum atomic E-state index is 12.1. The van der Waals surface area contributed by atoms with Crippen LogP contribution in [0.5, 0.6) is 5.75 Å². The van der Waals surface area contributed by atoms with Crippen molar-refractivity contribution in [1.29, 1.82) is 0 Å². The highest BCUT2D eigenvalue weighted by molar-refractivity contribution is 6.02. The molecule has 0 spiro atoms. The topological polar surface area (TPSA) is 60.3 Å². The van der Waals surface area contributed by atoms with Gasteiger partial charge in [-0.15, -0.1) is 0 Å². The number of benzene rings is 2. The molecule has 0 fully saturated rings. The van der Waals surface area contributed by atoms with Gasteiger partial charge in [-0.05, 0) is 35.9 Å². The first-order valence-corrected chi connectivity index (χ1v) is 8.52. The number of methoxy groups -OCH3 is 1. The number of pyridine rings is 1. The first kappa shape index (κ1) is 18.2. The van der Waals surface area contributed by atoms with E-state index in [1.807, 2.05) is 54.6 Å². The lowest BCUT2D eigenvalue weighted by atomic mass is 10.2. The molecule has 0 aliphatic heterocycles. The number of aromatic nitrogens is 1. The van der Waals surface area contributed by atoms with Crippen LogP contribution in [-0.2, 0) is 11.3 Å². The van der Waals surface area contributed by atoms with Crippen LogP contribution in [0.15, 0.2) is 83.8 Å². The molecule has 0 saturated carbocycles. The second-order valence-electron chi connectivity index (χ2n) is 5.93. The number of carbonyl (C=O) groups excluding carboxylic acids is 1. The molecule has 3 aromatic rings. The van der Waals surface area contributed by atoms with Gasteiger partial charge in [-0.3, -0.25) is 9.59 Å². The summed E-state index contributed by atoms with van der Waals surface area (Å²) in [6, 6.07) is 20.0. The molecule has 0 aliphatic carbocycles. The fourth-order valence-corrected chi connectivity index (χ4v) is 2.63. The Morgan fingerprint density at radius 3 is 2.52 bits per heavy atom. The van der Waals surface area contributed by atoms with Crippen molar-refractivity contribution in [2.24, 2.45) is 0 Å². The zero-order valence-corrected chi connectivity index (χ0v) is 15.0. The molecule has 0 aliphatic rings. The summed E-state index contributed by atoms with van der Waals surface area (Å²) >= 11 is 0. The summed E-state index contributed by atoms with van der Waals surface area (Å²) in [4.78, 5) is 23.9. The summed E-state index contributed by atoms with van der Waals surface area (Å²) in [5, 5.41) is 2.82. The number of rotatable bonds is 6. The molecule has 3 rings (SSSR count). The second-order valence-corrected chi connectivity index (χ2v) is 5.93. The standard InChI is InChI=1S/C22H20N2O3/c1-27-20-7-3-2-6-18(20)11-14-21(25)23-19-12-9-17(10-13-19)16-24-15-5-4-8-22(24)26/h2-15H,16H2,1H3,(H,23,25). The summed E-state index contributed by atoms with van der Waals surface area (Å²) in [5.41, 5.74) is 2.45. The van der Waals surface area contributed by atoms with Crippen molar-refractivity contribution < 1.29 is 9.53 Å². The van der Waals surface area contributed by atoms with Crippen LogP contribution in [0, 0.1) is 0 Å². The lowest BCUT2D eigenvalue weighted by Gasteiger charge is -2.07. The average molecular weight is 360 g/mol. The van der Waals surface area contributed by atoms with Crippen molar-refractivity contribution in [2.75, 3.05) is 12.4 Å². The van der Waals surface area contributed by atoms with Crippen molar-refractivity contribution in [2.45, 2.75) is 6.54 Å². The molecule has 5 heteroatoms. The predicted octanol–water partition coefficient (Wildman–Crippen LogP) is 3.56. The molecule has 0 bridgehead atoms. The molecule has 0 saturated heterocycles. The zero-order chi connectivity index (χ0) is 19.1. The summed E-state index contributed by atoms with van der Waals surface area (Å²) in [5.74, 6) is 0.481. The third-order valence-corrected chi connectivity index (χ3v) is 4.03. The highest BCUT2D eigenvalue weighted by Crippen LogP contribution is 2.18. The Morgan fingerprint density at radius 2 is 1.78 bits per heavy atom. The maximum Gasteiger partial charge on any atom is 0.250 e. The van der Waals surface area contributed by atoms with Crippen LogP contribution in [-0.4, -0.2) is 17.6 Å². The number of hydrogen-bond donors (Lipinski definition) is 1. The largest absolute Gasteiger partial charge is 0.496 e. The fourth-order valence-electron chi connectivity index (χ4n) is 2.63. The summed E-state index contributed by atoms with van der Waals surface area (Å²) < 4.78 is 6.89. The van der Waals surface area contributed by atoms with Crippen molar-refractivity contribution in [3.05, 3.63) is 100 Å². The molecule has 1 amide bonds. The Hall–Kier alpha value is -3.60. The summed E-state index contributed by atoms with van der Waals surface area (Å²) in [7, 11) is 1.60. The minimum Gasteiger partial charge on any atom is -0.496 e. The van der Waals surface area contributed by atoms with Crippen molar-refractivity contribution in [3.8, 4) is 5.75 Å². The molecule has 1 aromatic heterocycles. The van der Waals surface area contributed by atoms with Gasteiger partial charge in [0.15, 0.2) is 0 Å². The number of nitrogens with one attached hydrogen (secondary N) is 1. The number of anilines is 1. The van der Waals surface area contributed by atoms with Gasteiger partial charge in [0, 0.05) is 29.6 Å². The number of ether oxygens (including phenoxy) is 1. The van der Waals surface area contributed by atoms with Crippen molar-refractivity contribution >= 4 is 17.7 Å². The van der Waals surface area contributed by atoms with Crippen LogP contribution < -0.4 is 15.6 Å². The molecule has 1 N–H and O–H groups in total. The Balaban J connectivity index is 1.62. The van der Waals surface area contributed by atoms with E-state index >= 15 is 0 Å². The minimum atomic E-state index is -0.229. The van der Waals surface area contributed by atoms with Crippen LogP contribution in [0.2, 0.25) is 0 Å². The molecule has 27 heavy (non-hydrogen) atoms. The van der Waals surface area contributed by atoms with Crippen LogP contribution in [0.3, 0.4) is 0 Å². The van der Waals surface area contributed by atoms with Gasteiger partial charge in [0.2, 0.25) is 5.91 Å². The van der Waals surface area contributed by atoms with E-state index in [9.17, 15) is 9.59 Å². The number of amides is 1. The lowest BCUT2D eigenvalue weighted by Crippen LogP contribution is -2.18. The third-order valence-electron chi connectivity index (χ3n) is 4.03. The number of nitrogens with zero attached hydrogens (tertiary/aromatic N) is 1. The third kappa shape index (κ3) is 4.95. The van der Waals surface area contributed by atoms with Crippen LogP contribution in [0.1, 0.15) is 11.1 Å². The quantitative estimate of drug-likeness (QED) is 0.684. The van der Waals surface area contributed by atoms with E-state index in [1.54, 1.807) is 30.0 Å².